The van der Waals surface area contributed by atoms with Crippen LogP contribution in [0.3, 0.4) is 0 Å². The van der Waals surface area contributed by atoms with E-state index in [9.17, 15) is 0 Å². The molecule has 0 spiro atoms. The van der Waals surface area contributed by atoms with E-state index in [1.807, 2.05) is 0 Å². The summed E-state index contributed by atoms with van der Waals surface area (Å²) in [5, 5.41) is 1.35. The lowest BCUT2D eigenvalue weighted by Crippen LogP contribution is -2.42. The topological polar surface area (TPSA) is 0 Å². The minimum atomic E-state index is -1.98. The van der Waals surface area contributed by atoms with Gasteiger partial charge in [-0.15, -0.1) is 22.9 Å². The molecule has 130 valence electrons. The molecule has 0 fully saturated rings. The van der Waals surface area contributed by atoms with E-state index in [2.05, 4.69) is 73.7 Å². The summed E-state index contributed by atoms with van der Waals surface area (Å²) in [4.78, 5) is 0. The highest BCUT2D eigenvalue weighted by molar-refractivity contribution is 7.03. The molecule has 0 N–H and O–H groups in total. The summed E-state index contributed by atoms with van der Waals surface area (Å²) in [5.41, 5.74) is 7.21. The van der Waals surface area contributed by atoms with Crippen molar-refractivity contribution in [2.45, 2.75) is 84.6 Å². The third-order valence-electron chi connectivity index (χ3n) is 4.34. The molecule has 0 aliphatic rings. The molecule has 0 amide bonds. The zero-order valence-corrected chi connectivity index (χ0v) is 17.0. The lowest BCUT2D eigenvalue weighted by Gasteiger charge is -2.14. The molecule has 0 radical (unpaired) electrons. The molecule has 1 aromatic rings. The van der Waals surface area contributed by atoms with Gasteiger partial charge in [-0.2, -0.15) is 0 Å². The molecule has 0 heterocycles. The number of hydrogen-bond acceptors (Lipinski definition) is 0. The molecule has 0 aliphatic heterocycles. The van der Waals surface area contributed by atoms with E-state index in [1.165, 1.54) is 56.6 Å². The van der Waals surface area contributed by atoms with Gasteiger partial charge in [-0.25, -0.2) is 0 Å². The molecule has 24 heavy (non-hydrogen) atoms. The molecule has 0 saturated carbocycles. The van der Waals surface area contributed by atoms with Gasteiger partial charge < -0.3 is 0 Å². The highest BCUT2D eigenvalue weighted by atomic mass is 28.3. The van der Waals surface area contributed by atoms with E-state index in [0.717, 1.165) is 12.8 Å². The summed E-state index contributed by atoms with van der Waals surface area (Å²) in [5.74, 6) is 6.91. The first-order valence-corrected chi connectivity index (χ1v) is 12.3. The van der Waals surface area contributed by atoms with E-state index in [-0.39, 0.29) is 0 Å². The molecular weight excluding hydrogens is 304 g/mol. The van der Waals surface area contributed by atoms with Crippen molar-refractivity contribution < 1.29 is 0 Å². The van der Waals surface area contributed by atoms with Crippen molar-refractivity contribution in [2.24, 2.45) is 0 Å². The Hall–Kier alpha value is -1.44. The van der Waals surface area contributed by atoms with E-state index < -0.39 is 8.07 Å². The Kier molecular flexibility index (Phi) is 11.1. The van der Waals surface area contributed by atoms with Gasteiger partial charge in [0, 0.05) is 12.8 Å². The minimum absolute atomic E-state index is 1.02. The fraction of sp³-hybridized carbons (Fsp3) is 0.565. The fourth-order valence-corrected chi connectivity index (χ4v) is 4.87. The van der Waals surface area contributed by atoms with E-state index in [4.69, 9.17) is 0 Å². The molecule has 0 aromatic heterocycles. The molecule has 0 nitrogen and oxygen atoms in total. The molecule has 1 rings (SSSR count). The van der Waals surface area contributed by atoms with E-state index in [0.29, 0.717) is 0 Å². The Balaban J connectivity index is 2.71. The average Bonchev–Trinajstić information content (AvgIpc) is 2.62. The van der Waals surface area contributed by atoms with Gasteiger partial charge in [-0.1, -0.05) is 82.7 Å². The number of rotatable bonds is 9. The van der Waals surface area contributed by atoms with Crippen molar-refractivity contribution in [3.8, 4) is 22.9 Å². The quantitative estimate of drug-likeness (QED) is 0.294. The normalized spacial score (nSPS) is 10.5. The van der Waals surface area contributed by atoms with Crippen LogP contribution in [-0.4, -0.2) is 8.07 Å². The number of benzene rings is 1. The smallest absolute Gasteiger partial charge is 0.110 e. The van der Waals surface area contributed by atoms with Gasteiger partial charge in [-0.3, -0.25) is 0 Å². The Morgan fingerprint density at radius 2 is 1.21 bits per heavy atom. The maximum absolute atomic E-state index is 3.61. The van der Waals surface area contributed by atoms with Crippen molar-refractivity contribution in [1.82, 2.24) is 0 Å². The maximum Gasteiger partial charge on any atom is 0.243 e. The monoisotopic (exact) mass is 338 g/mol. The van der Waals surface area contributed by atoms with E-state index >= 15 is 0 Å². The lowest BCUT2D eigenvalue weighted by molar-refractivity contribution is 0.679. The summed E-state index contributed by atoms with van der Waals surface area (Å²) >= 11 is 0. The fourth-order valence-electron chi connectivity index (χ4n) is 2.71. The third kappa shape index (κ3) is 8.42. The van der Waals surface area contributed by atoms with Gasteiger partial charge in [0.15, 0.2) is 0 Å². The molecule has 0 atom stereocenters. The van der Waals surface area contributed by atoms with Crippen LogP contribution in [0.25, 0.3) is 0 Å². The van der Waals surface area contributed by atoms with Gasteiger partial charge in [0.05, 0.1) is 0 Å². The highest BCUT2D eigenvalue weighted by Crippen LogP contribution is 2.06. The Morgan fingerprint density at radius 1 is 0.708 bits per heavy atom. The van der Waals surface area contributed by atoms with Crippen LogP contribution in [0, 0.1) is 22.9 Å². The van der Waals surface area contributed by atoms with Gasteiger partial charge in [0.2, 0.25) is 8.07 Å². The lowest BCUT2D eigenvalue weighted by atomic mass is 10.2. The SMILES string of the molecule is CCCCCCC#C[Si](C)(C#CCCCCCC)c1ccccc1. The summed E-state index contributed by atoms with van der Waals surface area (Å²) < 4.78 is 0. The summed E-state index contributed by atoms with van der Waals surface area (Å²) in [6, 6.07) is 10.7. The predicted octanol–water partition coefficient (Wildman–Crippen LogP) is 6.00. The minimum Gasteiger partial charge on any atom is -0.110 e. The van der Waals surface area contributed by atoms with Crippen molar-refractivity contribution in [1.29, 1.82) is 0 Å². The molecule has 0 saturated heterocycles. The van der Waals surface area contributed by atoms with Crippen LogP contribution >= 0.6 is 0 Å². The van der Waals surface area contributed by atoms with Crippen molar-refractivity contribution in [3.63, 3.8) is 0 Å². The van der Waals surface area contributed by atoms with Crippen LogP contribution in [0.5, 0.6) is 0 Å². The van der Waals surface area contributed by atoms with Crippen molar-refractivity contribution >= 4 is 13.3 Å². The molecule has 0 aliphatic carbocycles. The summed E-state index contributed by atoms with van der Waals surface area (Å²) in [6.45, 7) is 6.81. The van der Waals surface area contributed by atoms with Gasteiger partial charge in [-0.05, 0) is 24.6 Å². The van der Waals surface area contributed by atoms with Crippen LogP contribution in [0.1, 0.15) is 78.1 Å². The molecule has 0 unspecified atom stereocenters. The molecule has 0 bridgehead atoms. The van der Waals surface area contributed by atoms with E-state index in [1.54, 1.807) is 0 Å². The first kappa shape index (κ1) is 20.6. The van der Waals surface area contributed by atoms with Crippen LogP contribution < -0.4 is 5.19 Å². The standard InChI is InChI=1S/C23H34Si/c1-4-6-8-10-12-17-21-24(3,23-19-15-14-16-20-23)22-18-13-11-9-7-5-2/h14-16,19-20H,4-13H2,1-3H3. The first-order valence-electron chi connectivity index (χ1n) is 9.78. The van der Waals surface area contributed by atoms with Crippen molar-refractivity contribution in [2.75, 3.05) is 0 Å². The second-order valence-corrected chi connectivity index (χ2v) is 10.0. The largest absolute Gasteiger partial charge is 0.243 e. The molecular formula is C23H34Si. The van der Waals surface area contributed by atoms with Crippen LogP contribution in [-0.2, 0) is 0 Å². The Labute approximate surface area is 151 Å². The summed E-state index contributed by atoms with van der Waals surface area (Å²) in [7, 11) is -1.98. The molecule has 1 aromatic carbocycles. The second kappa shape index (κ2) is 12.9. The van der Waals surface area contributed by atoms with Crippen LogP contribution in [0.15, 0.2) is 30.3 Å². The van der Waals surface area contributed by atoms with Crippen LogP contribution in [0.2, 0.25) is 6.55 Å². The van der Waals surface area contributed by atoms with Gasteiger partial charge in [0.25, 0.3) is 0 Å². The summed E-state index contributed by atoms with van der Waals surface area (Å²) in [6.07, 6.45) is 12.3. The van der Waals surface area contributed by atoms with Crippen LogP contribution in [0.4, 0.5) is 0 Å². The Bertz CT molecular complexity index is 520. The highest BCUT2D eigenvalue weighted by Gasteiger charge is 2.25. The predicted molar refractivity (Wildman–Crippen MR) is 111 cm³/mol. The number of hydrogen-bond donors (Lipinski definition) is 0. The zero-order chi connectivity index (χ0) is 17.5. The maximum atomic E-state index is 3.61. The number of unbranched alkanes of at least 4 members (excludes halogenated alkanes) is 8. The van der Waals surface area contributed by atoms with Gasteiger partial charge in [0.1, 0.15) is 0 Å². The Morgan fingerprint density at radius 3 is 1.67 bits per heavy atom. The zero-order valence-electron chi connectivity index (χ0n) is 16.0. The average molecular weight is 339 g/mol. The second-order valence-electron chi connectivity index (χ2n) is 6.72. The third-order valence-corrected chi connectivity index (χ3v) is 7.18. The van der Waals surface area contributed by atoms with Gasteiger partial charge >= 0.3 is 0 Å². The van der Waals surface area contributed by atoms with Crippen molar-refractivity contribution in [3.05, 3.63) is 30.3 Å². The molecule has 1 heteroatoms. The first-order chi connectivity index (χ1) is 11.7.